The molecule has 0 radical (unpaired) electrons. The van der Waals surface area contributed by atoms with E-state index in [1.54, 1.807) is 0 Å². The topological polar surface area (TPSA) is 55.1 Å². The molecule has 1 aromatic carbocycles. The van der Waals surface area contributed by atoms with Gasteiger partial charge in [0.2, 0.25) is 5.91 Å². The van der Waals surface area contributed by atoms with Crippen molar-refractivity contribution in [3.8, 4) is 0 Å². The summed E-state index contributed by atoms with van der Waals surface area (Å²) >= 11 is 6.01. The second-order valence-corrected chi connectivity index (χ2v) is 6.12. The third kappa shape index (κ3) is 4.50. The van der Waals surface area contributed by atoms with Gasteiger partial charge < -0.3 is 11.1 Å². The lowest BCUT2D eigenvalue weighted by Crippen LogP contribution is -2.47. The summed E-state index contributed by atoms with van der Waals surface area (Å²) in [6, 6.07) is 7.48. The van der Waals surface area contributed by atoms with Crippen LogP contribution >= 0.6 is 11.6 Å². The van der Waals surface area contributed by atoms with Crippen LogP contribution in [-0.2, 0) is 10.2 Å². The van der Waals surface area contributed by atoms with Gasteiger partial charge in [-0.2, -0.15) is 0 Å². The number of amides is 1. The molecule has 0 aromatic heterocycles. The molecule has 1 amide bonds. The van der Waals surface area contributed by atoms with Crippen LogP contribution in [0.3, 0.4) is 0 Å². The van der Waals surface area contributed by atoms with Crippen LogP contribution < -0.4 is 11.1 Å². The summed E-state index contributed by atoms with van der Waals surface area (Å²) in [5, 5.41) is 3.70. The molecule has 20 heavy (non-hydrogen) atoms. The summed E-state index contributed by atoms with van der Waals surface area (Å²) in [7, 11) is 0. The molecule has 0 fully saturated rings. The van der Waals surface area contributed by atoms with Crippen LogP contribution in [0.1, 0.15) is 45.6 Å². The molecule has 0 saturated heterocycles. The average Bonchev–Trinajstić information content (AvgIpc) is 2.43. The number of hydrogen-bond donors (Lipinski definition) is 2. The maximum absolute atomic E-state index is 12.5. The van der Waals surface area contributed by atoms with Crippen LogP contribution in [0.2, 0.25) is 5.02 Å². The van der Waals surface area contributed by atoms with E-state index in [2.05, 4.69) is 12.2 Å². The van der Waals surface area contributed by atoms with Gasteiger partial charge in [-0.1, -0.05) is 43.5 Å². The first-order chi connectivity index (χ1) is 9.41. The molecular weight excluding hydrogens is 272 g/mol. The average molecular weight is 297 g/mol. The Balaban J connectivity index is 2.78. The third-order valence-corrected chi connectivity index (χ3v) is 3.87. The third-order valence-electron chi connectivity index (χ3n) is 3.64. The lowest BCUT2D eigenvalue weighted by atomic mass is 9.83. The molecule has 4 heteroatoms. The number of halogens is 1. The first-order valence-electron chi connectivity index (χ1n) is 7.19. The highest BCUT2D eigenvalue weighted by Crippen LogP contribution is 2.26. The highest BCUT2D eigenvalue weighted by Gasteiger charge is 2.31. The SMILES string of the molecule is CCCCC(CN)NC(=O)C(C)(C)c1cccc(Cl)c1. The monoisotopic (exact) mass is 296 g/mol. The molecule has 0 spiro atoms. The fraction of sp³-hybridized carbons (Fsp3) is 0.562. The summed E-state index contributed by atoms with van der Waals surface area (Å²) in [5.41, 5.74) is 6.02. The van der Waals surface area contributed by atoms with Crippen LogP contribution in [0, 0.1) is 0 Å². The van der Waals surface area contributed by atoms with Crippen molar-refractivity contribution in [2.75, 3.05) is 6.54 Å². The van der Waals surface area contributed by atoms with Gasteiger partial charge in [0.25, 0.3) is 0 Å². The molecular formula is C16H25ClN2O. The summed E-state index contributed by atoms with van der Waals surface area (Å²) in [4.78, 5) is 12.5. The van der Waals surface area contributed by atoms with E-state index < -0.39 is 5.41 Å². The minimum atomic E-state index is -0.621. The standard InChI is InChI=1S/C16H25ClN2O/c1-4-5-9-14(11-18)19-15(20)16(2,3)12-7-6-8-13(17)10-12/h6-8,10,14H,4-5,9,11,18H2,1-3H3,(H,19,20). The van der Waals surface area contributed by atoms with Gasteiger partial charge in [0.1, 0.15) is 0 Å². The molecule has 112 valence electrons. The smallest absolute Gasteiger partial charge is 0.230 e. The van der Waals surface area contributed by atoms with Crippen LogP contribution in [0.15, 0.2) is 24.3 Å². The van der Waals surface area contributed by atoms with Gasteiger partial charge in [-0.3, -0.25) is 4.79 Å². The second kappa shape index (κ2) is 7.65. The largest absolute Gasteiger partial charge is 0.351 e. The Labute approximate surface area is 126 Å². The zero-order chi connectivity index (χ0) is 15.2. The van der Waals surface area contributed by atoms with Crippen molar-refractivity contribution in [3.05, 3.63) is 34.9 Å². The quantitative estimate of drug-likeness (QED) is 0.811. The van der Waals surface area contributed by atoms with E-state index >= 15 is 0 Å². The Bertz CT molecular complexity index is 446. The zero-order valence-electron chi connectivity index (χ0n) is 12.6. The molecule has 1 atom stereocenters. The zero-order valence-corrected chi connectivity index (χ0v) is 13.3. The van der Waals surface area contributed by atoms with Gasteiger partial charge in [-0.05, 0) is 38.0 Å². The van der Waals surface area contributed by atoms with Crippen LogP contribution in [0.5, 0.6) is 0 Å². The number of carbonyl (C=O) groups excluding carboxylic acids is 1. The number of benzene rings is 1. The van der Waals surface area contributed by atoms with Gasteiger partial charge >= 0.3 is 0 Å². The second-order valence-electron chi connectivity index (χ2n) is 5.68. The van der Waals surface area contributed by atoms with E-state index in [9.17, 15) is 4.79 Å². The number of unbranched alkanes of at least 4 members (excludes halogenated alkanes) is 1. The molecule has 1 rings (SSSR count). The molecule has 1 unspecified atom stereocenters. The number of rotatable bonds is 7. The van der Waals surface area contributed by atoms with Gasteiger partial charge in [0, 0.05) is 17.6 Å². The van der Waals surface area contributed by atoms with Crippen molar-refractivity contribution in [2.45, 2.75) is 51.5 Å². The van der Waals surface area contributed by atoms with E-state index in [0.717, 1.165) is 24.8 Å². The van der Waals surface area contributed by atoms with Gasteiger partial charge in [-0.15, -0.1) is 0 Å². The summed E-state index contributed by atoms with van der Waals surface area (Å²) in [6.07, 6.45) is 3.09. The Morgan fingerprint density at radius 3 is 2.70 bits per heavy atom. The van der Waals surface area contributed by atoms with Crippen molar-refractivity contribution < 1.29 is 4.79 Å². The normalized spacial score (nSPS) is 13.1. The molecule has 0 heterocycles. The van der Waals surface area contributed by atoms with Crippen molar-refractivity contribution in [1.82, 2.24) is 5.32 Å². The van der Waals surface area contributed by atoms with Crippen LogP contribution in [-0.4, -0.2) is 18.5 Å². The fourth-order valence-electron chi connectivity index (χ4n) is 2.07. The first-order valence-corrected chi connectivity index (χ1v) is 7.56. The number of carbonyl (C=O) groups is 1. The van der Waals surface area contributed by atoms with E-state index in [-0.39, 0.29) is 11.9 Å². The summed E-state index contributed by atoms with van der Waals surface area (Å²) < 4.78 is 0. The summed E-state index contributed by atoms with van der Waals surface area (Å²) in [5.74, 6) is -0.00804. The lowest BCUT2D eigenvalue weighted by Gasteiger charge is -2.27. The first kappa shape index (κ1) is 17.0. The van der Waals surface area contributed by atoms with E-state index in [0.29, 0.717) is 11.6 Å². The van der Waals surface area contributed by atoms with Crippen LogP contribution in [0.4, 0.5) is 0 Å². The molecule has 1 aromatic rings. The van der Waals surface area contributed by atoms with E-state index in [1.165, 1.54) is 0 Å². The molecule has 0 aliphatic carbocycles. The molecule has 0 aliphatic rings. The van der Waals surface area contributed by atoms with Crippen LogP contribution in [0.25, 0.3) is 0 Å². The maximum Gasteiger partial charge on any atom is 0.230 e. The molecule has 0 aliphatic heterocycles. The Morgan fingerprint density at radius 1 is 1.45 bits per heavy atom. The predicted octanol–water partition coefficient (Wildman–Crippen LogP) is 3.25. The molecule has 3 nitrogen and oxygen atoms in total. The Hall–Kier alpha value is -1.06. The van der Waals surface area contributed by atoms with Gasteiger partial charge in [0.15, 0.2) is 0 Å². The number of nitrogens with one attached hydrogen (secondary N) is 1. The van der Waals surface area contributed by atoms with Crippen molar-refractivity contribution >= 4 is 17.5 Å². The molecule has 0 saturated carbocycles. The van der Waals surface area contributed by atoms with Crippen molar-refractivity contribution in [2.24, 2.45) is 5.73 Å². The Kier molecular flexibility index (Phi) is 6.50. The van der Waals surface area contributed by atoms with E-state index in [1.807, 2.05) is 38.1 Å². The maximum atomic E-state index is 12.5. The van der Waals surface area contributed by atoms with Gasteiger partial charge in [-0.25, -0.2) is 0 Å². The predicted molar refractivity (Wildman–Crippen MR) is 85.0 cm³/mol. The van der Waals surface area contributed by atoms with E-state index in [4.69, 9.17) is 17.3 Å². The fourth-order valence-corrected chi connectivity index (χ4v) is 2.26. The van der Waals surface area contributed by atoms with Crippen molar-refractivity contribution in [3.63, 3.8) is 0 Å². The number of nitrogens with two attached hydrogens (primary N) is 1. The highest BCUT2D eigenvalue weighted by atomic mass is 35.5. The minimum Gasteiger partial charge on any atom is -0.351 e. The summed E-state index contributed by atoms with van der Waals surface area (Å²) in [6.45, 7) is 6.41. The molecule has 0 bridgehead atoms. The molecule has 3 N–H and O–H groups in total. The van der Waals surface area contributed by atoms with Gasteiger partial charge in [0.05, 0.1) is 5.41 Å². The Morgan fingerprint density at radius 2 is 2.15 bits per heavy atom. The number of hydrogen-bond acceptors (Lipinski definition) is 2. The lowest BCUT2D eigenvalue weighted by molar-refractivity contribution is -0.126. The minimum absolute atomic E-state index is 0.00804. The highest BCUT2D eigenvalue weighted by molar-refractivity contribution is 6.30. The van der Waals surface area contributed by atoms with Crippen molar-refractivity contribution in [1.29, 1.82) is 0 Å².